The first-order valence-corrected chi connectivity index (χ1v) is 4.28. The Bertz CT molecular complexity index is 275. The van der Waals surface area contributed by atoms with Crippen LogP contribution in [0.3, 0.4) is 0 Å². The van der Waals surface area contributed by atoms with Crippen molar-refractivity contribution in [3.63, 3.8) is 0 Å². The van der Waals surface area contributed by atoms with Crippen LogP contribution in [0.15, 0.2) is 10.8 Å². The van der Waals surface area contributed by atoms with Gasteiger partial charge in [-0.15, -0.1) is 0 Å². The second kappa shape index (κ2) is 3.47. The Morgan fingerprint density at radius 1 is 1.69 bits per heavy atom. The zero-order chi connectivity index (χ0) is 10.1. The number of hydrogen-bond acceptors (Lipinski definition) is 4. The lowest BCUT2D eigenvalue weighted by Gasteiger charge is -2.21. The highest BCUT2D eigenvalue weighted by molar-refractivity contribution is 5.16. The van der Waals surface area contributed by atoms with E-state index >= 15 is 0 Å². The average molecular weight is 184 g/mol. The molecular weight excluding hydrogens is 168 g/mol. The van der Waals surface area contributed by atoms with Crippen LogP contribution in [-0.2, 0) is 0 Å². The molecule has 1 unspecified atom stereocenters. The highest BCUT2D eigenvalue weighted by Gasteiger charge is 2.21. The highest BCUT2D eigenvalue weighted by Crippen LogP contribution is 2.23. The predicted octanol–water partition coefficient (Wildman–Crippen LogP) is 1.14. The van der Waals surface area contributed by atoms with Crippen molar-refractivity contribution in [3.8, 4) is 0 Å². The van der Waals surface area contributed by atoms with E-state index < -0.39 is 6.10 Å². The van der Waals surface area contributed by atoms with Crippen molar-refractivity contribution >= 4 is 0 Å². The van der Waals surface area contributed by atoms with Gasteiger partial charge in [-0.05, 0) is 27.2 Å². The molecule has 0 radical (unpaired) electrons. The highest BCUT2D eigenvalue weighted by atomic mass is 16.5. The molecule has 1 atom stereocenters. The van der Waals surface area contributed by atoms with Crippen molar-refractivity contribution in [2.24, 2.45) is 5.73 Å². The fourth-order valence-electron chi connectivity index (χ4n) is 1.23. The third kappa shape index (κ3) is 2.82. The quantitative estimate of drug-likeness (QED) is 0.739. The van der Waals surface area contributed by atoms with E-state index in [4.69, 9.17) is 10.3 Å². The zero-order valence-corrected chi connectivity index (χ0v) is 8.24. The van der Waals surface area contributed by atoms with E-state index in [-0.39, 0.29) is 5.54 Å². The van der Waals surface area contributed by atoms with Gasteiger partial charge >= 0.3 is 0 Å². The standard InChI is InChI=1S/C9H16N2O2/c1-6-7(5-13-11-6)8(12)4-9(2,3)10/h5,8,12H,4,10H2,1-3H3. The second-order valence-electron chi connectivity index (χ2n) is 4.06. The van der Waals surface area contributed by atoms with Crippen LogP contribution in [0.25, 0.3) is 0 Å². The molecule has 0 aromatic carbocycles. The number of rotatable bonds is 3. The van der Waals surface area contributed by atoms with Crippen molar-refractivity contribution < 1.29 is 9.63 Å². The summed E-state index contributed by atoms with van der Waals surface area (Å²) in [5.41, 5.74) is 6.84. The van der Waals surface area contributed by atoms with Crippen LogP contribution in [0.1, 0.15) is 37.6 Å². The van der Waals surface area contributed by atoms with Crippen molar-refractivity contribution in [3.05, 3.63) is 17.5 Å². The number of hydrogen-bond donors (Lipinski definition) is 2. The van der Waals surface area contributed by atoms with Crippen LogP contribution >= 0.6 is 0 Å². The summed E-state index contributed by atoms with van der Waals surface area (Å²) in [6.45, 7) is 5.55. The Kier molecular flexibility index (Phi) is 2.73. The average Bonchev–Trinajstić information content (AvgIpc) is 2.30. The lowest BCUT2D eigenvalue weighted by Crippen LogP contribution is -2.33. The monoisotopic (exact) mass is 184 g/mol. The molecule has 74 valence electrons. The van der Waals surface area contributed by atoms with Crippen LogP contribution in [0, 0.1) is 6.92 Å². The molecule has 0 saturated carbocycles. The maximum Gasteiger partial charge on any atom is 0.129 e. The molecule has 0 saturated heterocycles. The number of aliphatic hydroxyl groups is 1. The largest absolute Gasteiger partial charge is 0.388 e. The molecule has 0 amide bonds. The van der Waals surface area contributed by atoms with E-state index in [1.807, 2.05) is 13.8 Å². The third-order valence-corrected chi connectivity index (χ3v) is 1.87. The summed E-state index contributed by atoms with van der Waals surface area (Å²) >= 11 is 0. The maximum absolute atomic E-state index is 9.75. The molecule has 3 N–H and O–H groups in total. The normalized spacial score (nSPS) is 14.5. The Morgan fingerprint density at radius 2 is 2.31 bits per heavy atom. The lowest BCUT2D eigenvalue weighted by atomic mass is 9.94. The number of nitrogens with zero attached hydrogens (tertiary/aromatic N) is 1. The Hall–Kier alpha value is -0.870. The third-order valence-electron chi connectivity index (χ3n) is 1.87. The summed E-state index contributed by atoms with van der Waals surface area (Å²) in [6.07, 6.45) is 1.37. The molecule has 1 aromatic rings. The van der Waals surface area contributed by atoms with E-state index in [0.717, 1.165) is 11.3 Å². The molecule has 1 heterocycles. The van der Waals surface area contributed by atoms with E-state index in [0.29, 0.717) is 6.42 Å². The first kappa shape index (κ1) is 10.2. The molecule has 0 bridgehead atoms. The van der Waals surface area contributed by atoms with Gasteiger partial charge in [0, 0.05) is 11.1 Å². The fourth-order valence-corrected chi connectivity index (χ4v) is 1.23. The van der Waals surface area contributed by atoms with Crippen molar-refractivity contribution in [2.75, 3.05) is 0 Å². The molecule has 4 nitrogen and oxygen atoms in total. The van der Waals surface area contributed by atoms with E-state index in [1.165, 1.54) is 6.26 Å². The topological polar surface area (TPSA) is 72.3 Å². The smallest absolute Gasteiger partial charge is 0.129 e. The minimum Gasteiger partial charge on any atom is -0.388 e. The van der Waals surface area contributed by atoms with Crippen molar-refractivity contribution in [1.29, 1.82) is 0 Å². The SMILES string of the molecule is Cc1nocc1C(O)CC(C)(C)N. The summed E-state index contributed by atoms with van der Waals surface area (Å²) < 4.78 is 4.73. The zero-order valence-electron chi connectivity index (χ0n) is 8.24. The summed E-state index contributed by atoms with van der Waals surface area (Å²) in [4.78, 5) is 0. The van der Waals surface area contributed by atoms with Crippen LogP contribution in [0.4, 0.5) is 0 Å². The van der Waals surface area contributed by atoms with Gasteiger partial charge in [0.15, 0.2) is 0 Å². The summed E-state index contributed by atoms with van der Waals surface area (Å²) in [5, 5.41) is 13.4. The minimum absolute atomic E-state index is 0.386. The second-order valence-corrected chi connectivity index (χ2v) is 4.06. The summed E-state index contributed by atoms with van der Waals surface area (Å²) in [6, 6.07) is 0. The Labute approximate surface area is 77.7 Å². The number of nitrogens with two attached hydrogens (primary N) is 1. The first-order valence-electron chi connectivity index (χ1n) is 4.28. The van der Waals surface area contributed by atoms with Crippen molar-refractivity contribution in [1.82, 2.24) is 5.16 Å². The van der Waals surface area contributed by atoms with Gasteiger partial charge in [-0.2, -0.15) is 0 Å². The molecule has 4 heteroatoms. The predicted molar refractivity (Wildman–Crippen MR) is 49.1 cm³/mol. The van der Waals surface area contributed by atoms with Gasteiger partial charge in [0.2, 0.25) is 0 Å². The molecule has 0 aliphatic carbocycles. The molecule has 0 fully saturated rings. The molecule has 1 aromatic heterocycles. The van der Waals surface area contributed by atoms with E-state index in [9.17, 15) is 5.11 Å². The van der Waals surface area contributed by atoms with Gasteiger partial charge in [0.1, 0.15) is 6.26 Å². The molecule has 0 aliphatic rings. The number of aromatic nitrogens is 1. The molecule has 1 rings (SSSR count). The molecular formula is C9H16N2O2. The van der Waals surface area contributed by atoms with Gasteiger partial charge in [-0.1, -0.05) is 5.16 Å². The number of aliphatic hydroxyl groups excluding tert-OH is 1. The minimum atomic E-state index is -0.591. The fraction of sp³-hybridized carbons (Fsp3) is 0.667. The summed E-state index contributed by atoms with van der Waals surface area (Å²) in [5.74, 6) is 0. The molecule has 0 aliphatic heterocycles. The van der Waals surface area contributed by atoms with Crippen LogP contribution in [-0.4, -0.2) is 15.8 Å². The van der Waals surface area contributed by atoms with Gasteiger partial charge < -0.3 is 15.4 Å². The van der Waals surface area contributed by atoms with Gasteiger partial charge in [-0.3, -0.25) is 0 Å². The first-order chi connectivity index (χ1) is 5.90. The van der Waals surface area contributed by atoms with Crippen LogP contribution in [0.5, 0.6) is 0 Å². The van der Waals surface area contributed by atoms with Crippen LogP contribution in [0.2, 0.25) is 0 Å². The molecule has 0 spiro atoms. The molecule has 13 heavy (non-hydrogen) atoms. The van der Waals surface area contributed by atoms with Gasteiger partial charge in [0.25, 0.3) is 0 Å². The lowest BCUT2D eigenvalue weighted by molar-refractivity contribution is 0.141. The Morgan fingerprint density at radius 3 is 2.69 bits per heavy atom. The van der Waals surface area contributed by atoms with Crippen LogP contribution < -0.4 is 5.73 Å². The summed E-state index contributed by atoms with van der Waals surface area (Å²) in [7, 11) is 0. The van der Waals surface area contributed by atoms with E-state index in [1.54, 1.807) is 6.92 Å². The Balaban J connectivity index is 2.69. The van der Waals surface area contributed by atoms with Gasteiger partial charge in [0.05, 0.1) is 11.8 Å². The maximum atomic E-state index is 9.75. The van der Waals surface area contributed by atoms with Gasteiger partial charge in [-0.25, -0.2) is 0 Å². The van der Waals surface area contributed by atoms with E-state index in [2.05, 4.69) is 5.16 Å². The van der Waals surface area contributed by atoms with Crippen molar-refractivity contribution in [2.45, 2.75) is 38.8 Å². The number of aryl methyl sites for hydroxylation is 1.